The van der Waals surface area contributed by atoms with Crippen LogP contribution in [0.2, 0.25) is 0 Å². The molecule has 1 heterocycles. The summed E-state index contributed by atoms with van der Waals surface area (Å²) in [7, 11) is 6.02. The zero-order valence-corrected chi connectivity index (χ0v) is 12.2. The topological polar surface area (TPSA) is 48.1 Å². The van der Waals surface area contributed by atoms with Crippen molar-refractivity contribution in [3.05, 3.63) is 11.3 Å². The summed E-state index contributed by atoms with van der Waals surface area (Å²) in [4.78, 5) is 4.39. The molecule has 0 bridgehead atoms. The summed E-state index contributed by atoms with van der Waals surface area (Å²) in [5, 5.41) is 13.6. The Kier molecular flexibility index (Phi) is 4.74. The van der Waals surface area contributed by atoms with Gasteiger partial charge in [0.25, 0.3) is 0 Å². The molecule has 5 heteroatoms. The maximum absolute atomic E-state index is 9.28. The van der Waals surface area contributed by atoms with Crippen LogP contribution >= 0.6 is 0 Å². The first kappa shape index (κ1) is 14.5. The summed E-state index contributed by atoms with van der Waals surface area (Å²) in [6, 6.07) is 2.61. The van der Waals surface area contributed by atoms with E-state index < -0.39 is 0 Å². The molecule has 1 rings (SSSR count). The lowest BCUT2D eigenvalue weighted by Crippen LogP contribution is -2.41. The molecule has 0 aliphatic carbocycles. The monoisotopic (exact) mass is 249 g/mol. The summed E-state index contributed by atoms with van der Waals surface area (Å²) >= 11 is 0. The molecule has 1 aromatic rings. The fraction of sp³-hybridized carbons (Fsp3) is 0.692. The number of anilines is 1. The second-order valence-electron chi connectivity index (χ2n) is 4.92. The van der Waals surface area contributed by atoms with Gasteiger partial charge in [-0.25, -0.2) is 0 Å². The molecule has 1 aromatic heterocycles. The van der Waals surface area contributed by atoms with Crippen molar-refractivity contribution in [1.29, 1.82) is 5.26 Å². The summed E-state index contributed by atoms with van der Waals surface area (Å²) in [5.74, 6) is 0.923. The Morgan fingerprint density at radius 2 is 2.06 bits per heavy atom. The van der Waals surface area contributed by atoms with Gasteiger partial charge in [-0.3, -0.25) is 4.68 Å². The molecule has 100 valence electrons. The van der Waals surface area contributed by atoms with Gasteiger partial charge in [-0.05, 0) is 34.9 Å². The smallest absolute Gasteiger partial charge is 0.145 e. The minimum absolute atomic E-state index is 0.340. The van der Waals surface area contributed by atoms with Gasteiger partial charge in [-0.15, -0.1) is 0 Å². The quantitative estimate of drug-likeness (QED) is 0.791. The summed E-state index contributed by atoms with van der Waals surface area (Å²) < 4.78 is 1.81. The van der Waals surface area contributed by atoms with Crippen LogP contribution in [0.4, 0.5) is 5.82 Å². The maximum Gasteiger partial charge on any atom is 0.145 e. The first-order valence-corrected chi connectivity index (χ1v) is 6.27. The highest BCUT2D eigenvalue weighted by Crippen LogP contribution is 2.24. The Morgan fingerprint density at radius 1 is 1.44 bits per heavy atom. The van der Waals surface area contributed by atoms with Crippen molar-refractivity contribution in [2.24, 2.45) is 7.05 Å². The van der Waals surface area contributed by atoms with Gasteiger partial charge in [-0.1, -0.05) is 0 Å². The Morgan fingerprint density at radius 3 is 2.50 bits per heavy atom. The molecule has 0 aromatic carbocycles. The van der Waals surface area contributed by atoms with Gasteiger partial charge in [0, 0.05) is 26.2 Å². The highest BCUT2D eigenvalue weighted by Gasteiger charge is 2.22. The number of rotatable bonds is 5. The molecular weight excluding hydrogens is 226 g/mol. The Labute approximate surface area is 110 Å². The van der Waals surface area contributed by atoms with Crippen LogP contribution in [0.1, 0.15) is 25.1 Å². The predicted molar refractivity (Wildman–Crippen MR) is 73.7 cm³/mol. The van der Waals surface area contributed by atoms with Crippen LogP contribution in [0, 0.1) is 18.3 Å². The van der Waals surface area contributed by atoms with Gasteiger partial charge in [-0.2, -0.15) is 10.4 Å². The van der Waals surface area contributed by atoms with E-state index in [2.05, 4.69) is 48.9 Å². The standard InChI is InChI=1S/C13H23N5/c1-7-18(10(2)9-16(4)5)13-12(8-14)11(3)15-17(13)6/h10H,7,9H2,1-6H3. The predicted octanol–water partition coefficient (Wildman–Crippen LogP) is 1.38. The fourth-order valence-electron chi connectivity index (χ4n) is 2.40. The number of hydrogen-bond acceptors (Lipinski definition) is 4. The van der Waals surface area contributed by atoms with E-state index in [1.807, 2.05) is 18.7 Å². The second-order valence-corrected chi connectivity index (χ2v) is 4.92. The van der Waals surface area contributed by atoms with E-state index in [0.29, 0.717) is 11.6 Å². The van der Waals surface area contributed by atoms with E-state index in [-0.39, 0.29) is 0 Å². The zero-order valence-electron chi connectivity index (χ0n) is 12.2. The van der Waals surface area contributed by atoms with Crippen molar-refractivity contribution in [3.8, 4) is 6.07 Å². The lowest BCUT2D eigenvalue weighted by Gasteiger charge is -2.31. The van der Waals surface area contributed by atoms with E-state index in [4.69, 9.17) is 0 Å². The van der Waals surface area contributed by atoms with E-state index in [1.54, 1.807) is 0 Å². The Hall–Kier alpha value is -1.54. The van der Waals surface area contributed by atoms with Gasteiger partial charge in [0.05, 0.1) is 5.69 Å². The van der Waals surface area contributed by atoms with Crippen molar-refractivity contribution >= 4 is 5.82 Å². The fourth-order valence-corrected chi connectivity index (χ4v) is 2.40. The average Bonchev–Trinajstić information content (AvgIpc) is 2.54. The SMILES string of the molecule is CCN(c1c(C#N)c(C)nn1C)C(C)CN(C)C. The van der Waals surface area contributed by atoms with Gasteiger partial charge in [0.15, 0.2) is 0 Å². The van der Waals surface area contributed by atoms with Crippen molar-refractivity contribution < 1.29 is 0 Å². The van der Waals surface area contributed by atoms with Crippen molar-refractivity contribution in [2.45, 2.75) is 26.8 Å². The lowest BCUT2D eigenvalue weighted by molar-refractivity contribution is 0.371. The molecular formula is C13H23N5. The third-order valence-electron chi connectivity index (χ3n) is 3.08. The van der Waals surface area contributed by atoms with Crippen LogP contribution < -0.4 is 4.90 Å². The molecule has 0 radical (unpaired) electrons. The summed E-state index contributed by atoms with van der Waals surface area (Å²) in [5.41, 5.74) is 1.48. The van der Waals surface area contributed by atoms with Crippen LogP contribution in [-0.4, -0.2) is 47.9 Å². The second kappa shape index (κ2) is 5.87. The number of hydrogen-bond donors (Lipinski definition) is 0. The van der Waals surface area contributed by atoms with Crippen LogP contribution in [-0.2, 0) is 7.05 Å². The summed E-state index contributed by atoms with van der Waals surface area (Å²) in [6.45, 7) is 7.97. The molecule has 0 aliphatic heterocycles. The number of aryl methyl sites for hydroxylation is 2. The Balaban J connectivity index is 3.13. The number of aromatic nitrogens is 2. The molecule has 0 spiro atoms. The minimum Gasteiger partial charge on any atom is -0.352 e. The maximum atomic E-state index is 9.28. The highest BCUT2D eigenvalue weighted by atomic mass is 15.4. The molecule has 0 N–H and O–H groups in total. The summed E-state index contributed by atoms with van der Waals surface area (Å²) in [6.07, 6.45) is 0. The first-order chi connectivity index (χ1) is 8.42. The van der Waals surface area contributed by atoms with Gasteiger partial charge >= 0.3 is 0 Å². The van der Waals surface area contributed by atoms with Crippen LogP contribution in [0.5, 0.6) is 0 Å². The van der Waals surface area contributed by atoms with Crippen LogP contribution in [0.15, 0.2) is 0 Å². The van der Waals surface area contributed by atoms with Crippen molar-refractivity contribution in [2.75, 3.05) is 32.1 Å². The number of nitriles is 1. The van der Waals surface area contributed by atoms with Crippen LogP contribution in [0.25, 0.3) is 0 Å². The van der Waals surface area contributed by atoms with Crippen LogP contribution in [0.3, 0.4) is 0 Å². The third-order valence-corrected chi connectivity index (χ3v) is 3.08. The van der Waals surface area contributed by atoms with E-state index in [9.17, 15) is 5.26 Å². The van der Waals surface area contributed by atoms with Gasteiger partial charge in [0.2, 0.25) is 0 Å². The molecule has 0 aliphatic rings. The molecule has 0 saturated heterocycles. The molecule has 1 unspecified atom stereocenters. The van der Waals surface area contributed by atoms with Gasteiger partial charge < -0.3 is 9.80 Å². The first-order valence-electron chi connectivity index (χ1n) is 6.27. The number of likely N-dealkylation sites (N-methyl/N-ethyl adjacent to an activating group) is 2. The van der Waals surface area contributed by atoms with E-state index in [0.717, 1.165) is 24.6 Å². The molecule has 1 atom stereocenters. The van der Waals surface area contributed by atoms with E-state index >= 15 is 0 Å². The highest BCUT2D eigenvalue weighted by molar-refractivity contribution is 5.57. The third kappa shape index (κ3) is 2.82. The molecule has 0 fully saturated rings. The van der Waals surface area contributed by atoms with Crippen molar-refractivity contribution in [3.63, 3.8) is 0 Å². The minimum atomic E-state index is 0.340. The van der Waals surface area contributed by atoms with Gasteiger partial charge in [0.1, 0.15) is 17.5 Å². The normalized spacial score (nSPS) is 12.6. The average molecular weight is 249 g/mol. The molecule has 0 amide bonds. The Bertz CT molecular complexity index is 441. The largest absolute Gasteiger partial charge is 0.352 e. The number of nitrogens with zero attached hydrogens (tertiary/aromatic N) is 5. The molecule has 18 heavy (non-hydrogen) atoms. The zero-order chi connectivity index (χ0) is 13.9. The molecule has 5 nitrogen and oxygen atoms in total. The molecule has 0 saturated carbocycles. The lowest BCUT2D eigenvalue weighted by atomic mass is 10.2. The van der Waals surface area contributed by atoms with E-state index in [1.165, 1.54) is 0 Å². The van der Waals surface area contributed by atoms with Crippen molar-refractivity contribution in [1.82, 2.24) is 14.7 Å².